The number of aromatic nitrogens is 3. The molecule has 0 radical (unpaired) electrons. The summed E-state index contributed by atoms with van der Waals surface area (Å²) in [5, 5.41) is 8.67. The first-order chi connectivity index (χ1) is 14.3. The molecule has 4 N–H and O–H groups in total. The van der Waals surface area contributed by atoms with Crippen molar-refractivity contribution in [3.8, 4) is 0 Å². The number of nitrogens with one attached hydrogen (secondary N) is 2. The first-order valence-corrected chi connectivity index (χ1v) is 10.7. The number of rotatable bonds is 6. The molecule has 0 aliphatic carbocycles. The Morgan fingerprint density at radius 3 is 2.60 bits per heavy atom. The maximum absolute atomic E-state index is 12.7. The minimum absolute atomic E-state index is 0.0366. The van der Waals surface area contributed by atoms with E-state index < -0.39 is 10.0 Å². The van der Waals surface area contributed by atoms with Gasteiger partial charge in [-0.2, -0.15) is 0 Å². The molecule has 0 fully saturated rings. The van der Waals surface area contributed by atoms with Crippen molar-refractivity contribution in [2.24, 2.45) is 5.14 Å². The van der Waals surface area contributed by atoms with Gasteiger partial charge in [0.1, 0.15) is 17.6 Å². The van der Waals surface area contributed by atoms with Crippen molar-refractivity contribution >= 4 is 37.9 Å². The second-order valence-electron chi connectivity index (χ2n) is 6.86. The molecular weight excluding hydrogens is 406 g/mol. The first-order valence-electron chi connectivity index (χ1n) is 9.17. The van der Waals surface area contributed by atoms with Gasteiger partial charge < -0.3 is 10.3 Å². The van der Waals surface area contributed by atoms with Crippen LogP contribution in [0, 0.1) is 0 Å². The SMILES string of the molecule is NS(=O)(=O)c1ccc(CCNC(=O)Cn2cnc3c([nH]c4ccccc43)c2=O)cc1. The van der Waals surface area contributed by atoms with E-state index in [9.17, 15) is 18.0 Å². The monoisotopic (exact) mass is 425 g/mol. The predicted octanol–water partition coefficient (Wildman–Crippen LogP) is 0.884. The number of fused-ring (bicyclic) bond motifs is 3. The fourth-order valence-corrected chi connectivity index (χ4v) is 3.77. The van der Waals surface area contributed by atoms with Crippen LogP contribution in [-0.2, 0) is 27.8 Å². The van der Waals surface area contributed by atoms with Crippen LogP contribution in [0.5, 0.6) is 0 Å². The van der Waals surface area contributed by atoms with Gasteiger partial charge in [0.2, 0.25) is 15.9 Å². The molecule has 1 amide bonds. The van der Waals surface area contributed by atoms with E-state index in [4.69, 9.17) is 5.14 Å². The van der Waals surface area contributed by atoms with Gasteiger partial charge in [0.05, 0.1) is 11.2 Å². The van der Waals surface area contributed by atoms with Gasteiger partial charge in [0.15, 0.2) is 0 Å². The molecule has 0 spiro atoms. The Kier molecular flexibility index (Phi) is 5.10. The van der Waals surface area contributed by atoms with E-state index >= 15 is 0 Å². The average Bonchev–Trinajstić information content (AvgIpc) is 3.09. The van der Waals surface area contributed by atoms with E-state index in [-0.39, 0.29) is 22.9 Å². The number of hydrogen-bond donors (Lipinski definition) is 3. The quantitative estimate of drug-likeness (QED) is 0.421. The Balaban J connectivity index is 1.40. The highest BCUT2D eigenvalue weighted by Crippen LogP contribution is 2.20. The molecule has 0 bridgehead atoms. The zero-order valence-electron chi connectivity index (χ0n) is 15.8. The van der Waals surface area contributed by atoms with Crippen LogP contribution in [0.4, 0.5) is 0 Å². The lowest BCUT2D eigenvalue weighted by Crippen LogP contribution is -2.33. The van der Waals surface area contributed by atoms with Crippen molar-refractivity contribution in [3.63, 3.8) is 0 Å². The number of para-hydroxylation sites is 1. The second kappa shape index (κ2) is 7.73. The average molecular weight is 425 g/mol. The van der Waals surface area contributed by atoms with Gasteiger partial charge in [0.25, 0.3) is 5.56 Å². The lowest BCUT2D eigenvalue weighted by Gasteiger charge is -2.08. The maximum atomic E-state index is 12.7. The number of H-pyrrole nitrogens is 1. The topological polar surface area (TPSA) is 140 Å². The third kappa shape index (κ3) is 3.95. The summed E-state index contributed by atoms with van der Waals surface area (Å²) in [6.45, 7) is 0.186. The van der Waals surface area contributed by atoms with Crippen LogP contribution in [0.15, 0.2) is 64.5 Å². The summed E-state index contributed by atoms with van der Waals surface area (Å²) in [5.41, 5.74) is 2.29. The largest absolute Gasteiger partial charge is 0.354 e. The normalized spacial score (nSPS) is 11.8. The fraction of sp³-hybridized carbons (Fsp3) is 0.150. The van der Waals surface area contributed by atoms with E-state index in [0.29, 0.717) is 24.0 Å². The van der Waals surface area contributed by atoms with Gasteiger partial charge in [-0.1, -0.05) is 30.3 Å². The van der Waals surface area contributed by atoms with Crippen LogP contribution < -0.4 is 16.0 Å². The number of nitrogens with zero attached hydrogens (tertiary/aromatic N) is 2. The number of amides is 1. The van der Waals surface area contributed by atoms with Crippen molar-refractivity contribution in [3.05, 3.63) is 70.8 Å². The number of hydrogen-bond acceptors (Lipinski definition) is 5. The number of sulfonamides is 1. The van der Waals surface area contributed by atoms with Gasteiger partial charge in [0, 0.05) is 17.4 Å². The summed E-state index contributed by atoms with van der Waals surface area (Å²) in [5.74, 6) is -0.324. The predicted molar refractivity (Wildman–Crippen MR) is 112 cm³/mol. The van der Waals surface area contributed by atoms with Gasteiger partial charge >= 0.3 is 0 Å². The van der Waals surface area contributed by atoms with Gasteiger partial charge in [-0.05, 0) is 30.2 Å². The molecule has 4 rings (SSSR count). The van der Waals surface area contributed by atoms with E-state index in [1.54, 1.807) is 12.1 Å². The standard InChI is InChI=1S/C20H19N5O4S/c21-30(28,29)14-7-5-13(6-8-14)9-10-22-17(26)11-25-12-23-18-15-3-1-2-4-16(15)24-19(18)20(25)27/h1-8,12,24H,9-11H2,(H,22,26)(H2,21,28,29). The minimum atomic E-state index is -3.73. The van der Waals surface area contributed by atoms with Crippen molar-refractivity contribution in [2.75, 3.05) is 6.54 Å². The van der Waals surface area contributed by atoms with Gasteiger partial charge in [-0.15, -0.1) is 0 Å². The number of nitrogens with two attached hydrogens (primary N) is 1. The Hall–Kier alpha value is -3.50. The summed E-state index contributed by atoms with van der Waals surface area (Å²) in [7, 11) is -3.73. The molecular formula is C20H19N5O4S. The molecule has 0 aliphatic heterocycles. The highest BCUT2D eigenvalue weighted by atomic mass is 32.2. The molecule has 0 aliphatic rings. The molecule has 30 heavy (non-hydrogen) atoms. The molecule has 0 saturated carbocycles. The molecule has 0 atom stereocenters. The highest BCUT2D eigenvalue weighted by molar-refractivity contribution is 7.89. The van der Waals surface area contributed by atoms with Crippen LogP contribution in [0.2, 0.25) is 0 Å². The molecule has 2 heterocycles. The Labute approximate surface area is 171 Å². The van der Waals surface area contributed by atoms with Crippen LogP contribution in [0.1, 0.15) is 5.56 Å². The molecule has 2 aromatic heterocycles. The fourth-order valence-electron chi connectivity index (χ4n) is 3.25. The third-order valence-corrected chi connectivity index (χ3v) is 5.71. The third-order valence-electron chi connectivity index (χ3n) is 4.78. The summed E-state index contributed by atoms with van der Waals surface area (Å²) in [6, 6.07) is 13.6. The van der Waals surface area contributed by atoms with Crippen molar-refractivity contribution in [1.82, 2.24) is 19.9 Å². The van der Waals surface area contributed by atoms with E-state index in [1.165, 1.54) is 23.0 Å². The molecule has 154 valence electrons. The summed E-state index contributed by atoms with van der Waals surface area (Å²) < 4.78 is 23.8. The Morgan fingerprint density at radius 2 is 1.87 bits per heavy atom. The molecule has 10 heteroatoms. The molecule has 2 aromatic carbocycles. The van der Waals surface area contributed by atoms with Crippen LogP contribution in [0.25, 0.3) is 21.9 Å². The summed E-state index contributed by atoms with van der Waals surface area (Å²) in [6.07, 6.45) is 1.88. The molecule has 9 nitrogen and oxygen atoms in total. The maximum Gasteiger partial charge on any atom is 0.278 e. The number of carbonyl (C=O) groups excluding carboxylic acids is 1. The minimum Gasteiger partial charge on any atom is -0.354 e. The zero-order valence-corrected chi connectivity index (χ0v) is 16.6. The van der Waals surface area contributed by atoms with E-state index in [2.05, 4.69) is 15.3 Å². The van der Waals surface area contributed by atoms with Crippen LogP contribution in [0.3, 0.4) is 0 Å². The number of aromatic amines is 1. The summed E-state index contributed by atoms with van der Waals surface area (Å²) >= 11 is 0. The molecule has 0 saturated heterocycles. The smallest absolute Gasteiger partial charge is 0.278 e. The second-order valence-corrected chi connectivity index (χ2v) is 8.42. The lowest BCUT2D eigenvalue weighted by atomic mass is 10.1. The molecule has 4 aromatic rings. The van der Waals surface area contributed by atoms with Gasteiger partial charge in [-0.25, -0.2) is 18.5 Å². The van der Waals surface area contributed by atoms with Gasteiger partial charge in [-0.3, -0.25) is 14.2 Å². The first kappa shape index (κ1) is 19.8. The van der Waals surface area contributed by atoms with E-state index in [1.807, 2.05) is 24.3 Å². The lowest BCUT2D eigenvalue weighted by molar-refractivity contribution is -0.121. The summed E-state index contributed by atoms with van der Waals surface area (Å²) in [4.78, 5) is 32.4. The zero-order chi connectivity index (χ0) is 21.3. The molecule has 0 unspecified atom stereocenters. The highest BCUT2D eigenvalue weighted by Gasteiger charge is 2.12. The Bertz CT molecular complexity index is 1400. The van der Waals surface area contributed by atoms with Crippen LogP contribution >= 0.6 is 0 Å². The number of primary sulfonamides is 1. The van der Waals surface area contributed by atoms with Crippen LogP contribution in [-0.4, -0.2) is 35.4 Å². The van der Waals surface area contributed by atoms with Crippen molar-refractivity contribution < 1.29 is 13.2 Å². The number of carbonyl (C=O) groups is 1. The van der Waals surface area contributed by atoms with Crippen molar-refractivity contribution in [1.29, 1.82) is 0 Å². The van der Waals surface area contributed by atoms with E-state index in [0.717, 1.165) is 16.5 Å². The Morgan fingerprint density at radius 1 is 1.13 bits per heavy atom. The van der Waals surface area contributed by atoms with Crippen molar-refractivity contribution in [2.45, 2.75) is 17.9 Å². The number of benzene rings is 2.